The first-order valence-electron chi connectivity index (χ1n) is 8.16. The highest BCUT2D eigenvalue weighted by molar-refractivity contribution is 7.89. The number of aromatic nitrogens is 3. The smallest absolute Gasteiger partial charge is 0.284 e. The molecule has 0 amide bonds. The van der Waals surface area contributed by atoms with Crippen molar-refractivity contribution in [1.29, 1.82) is 0 Å². The molecule has 0 aliphatic rings. The summed E-state index contributed by atoms with van der Waals surface area (Å²) in [6, 6.07) is 5.84. The van der Waals surface area contributed by atoms with Crippen molar-refractivity contribution in [2.24, 2.45) is 0 Å². The van der Waals surface area contributed by atoms with E-state index in [1.165, 1.54) is 6.20 Å². The van der Waals surface area contributed by atoms with E-state index in [0.717, 1.165) is 16.0 Å². The van der Waals surface area contributed by atoms with Crippen LogP contribution in [0.15, 0.2) is 35.4 Å². The van der Waals surface area contributed by atoms with E-state index < -0.39 is 21.8 Å². The number of sulfonamides is 1. The second kappa shape index (κ2) is 7.34. The van der Waals surface area contributed by atoms with Gasteiger partial charge in [-0.3, -0.25) is 4.40 Å². The monoisotopic (exact) mass is 432 g/mol. The van der Waals surface area contributed by atoms with Crippen molar-refractivity contribution in [3.63, 3.8) is 0 Å². The molecule has 150 valence electrons. The van der Waals surface area contributed by atoms with Gasteiger partial charge in [0, 0.05) is 19.2 Å². The Morgan fingerprint density at radius 3 is 2.57 bits per heavy atom. The number of benzene rings is 1. The second-order valence-corrected chi connectivity index (χ2v) is 8.47. The fourth-order valence-electron chi connectivity index (χ4n) is 2.76. The molecule has 3 rings (SSSR count). The molecule has 0 aliphatic carbocycles. The third-order valence-electron chi connectivity index (χ3n) is 4.12. The van der Waals surface area contributed by atoms with E-state index in [2.05, 4.69) is 14.9 Å². The Morgan fingerprint density at radius 1 is 1.18 bits per heavy atom. The van der Waals surface area contributed by atoms with E-state index in [9.17, 15) is 21.6 Å². The summed E-state index contributed by atoms with van der Waals surface area (Å²) in [6.45, 7) is 3.40. The van der Waals surface area contributed by atoms with E-state index >= 15 is 0 Å². The summed E-state index contributed by atoms with van der Waals surface area (Å²) >= 11 is 5.79. The molecule has 0 aliphatic heterocycles. The van der Waals surface area contributed by atoms with Crippen molar-refractivity contribution >= 4 is 27.3 Å². The Bertz CT molecular complexity index is 1140. The van der Waals surface area contributed by atoms with Gasteiger partial charge in [0.2, 0.25) is 10.0 Å². The van der Waals surface area contributed by atoms with Gasteiger partial charge in [-0.1, -0.05) is 23.7 Å². The predicted octanol–water partition coefficient (Wildman–Crippen LogP) is 3.54. The molecule has 11 heteroatoms. The number of halogens is 4. The van der Waals surface area contributed by atoms with Gasteiger partial charge < -0.3 is 0 Å². The first-order chi connectivity index (χ1) is 13.0. The van der Waals surface area contributed by atoms with E-state index in [1.807, 2.05) is 0 Å². The van der Waals surface area contributed by atoms with E-state index in [-0.39, 0.29) is 34.4 Å². The number of alkyl halides is 3. The highest BCUT2D eigenvalue weighted by Gasteiger charge is 2.35. The number of aryl methyl sites for hydroxylation is 2. The third kappa shape index (κ3) is 4.13. The SMILES string of the molecule is Cc1ccc(C)c(S(=O)(=O)NCCc2nnc3c(C(F)(F)F)cc(Cl)cn23)c1. The summed E-state index contributed by atoms with van der Waals surface area (Å²) in [7, 11) is -3.77. The number of fused-ring (bicyclic) bond motifs is 1. The lowest BCUT2D eigenvalue weighted by molar-refractivity contribution is -0.136. The zero-order valence-electron chi connectivity index (χ0n) is 14.9. The molecule has 0 bridgehead atoms. The molecule has 6 nitrogen and oxygen atoms in total. The lowest BCUT2D eigenvalue weighted by Gasteiger charge is -2.10. The first kappa shape index (κ1) is 20.6. The normalized spacial score (nSPS) is 12.6. The van der Waals surface area contributed by atoms with Crippen LogP contribution in [-0.4, -0.2) is 29.6 Å². The van der Waals surface area contributed by atoms with Crippen molar-refractivity contribution in [1.82, 2.24) is 19.3 Å². The van der Waals surface area contributed by atoms with Crippen molar-refractivity contribution in [2.45, 2.75) is 31.3 Å². The van der Waals surface area contributed by atoms with E-state index in [1.54, 1.807) is 32.0 Å². The topological polar surface area (TPSA) is 76.4 Å². The van der Waals surface area contributed by atoms with E-state index in [4.69, 9.17) is 11.6 Å². The Morgan fingerprint density at radius 2 is 1.89 bits per heavy atom. The molecule has 28 heavy (non-hydrogen) atoms. The lowest BCUT2D eigenvalue weighted by atomic mass is 10.2. The Balaban J connectivity index is 1.83. The van der Waals surface area contributed by atoms with Crippen molar-refractivity contribution in [2.75, 3.05) is 6.54 Å². The summed E-state index contributed by atoms with van der Waals surface area (Å²) in [5.74, 6) is 0.159. The maximum absolute atomic E-state index is 13.1. The van der Waals surface area contributed by atoms with Crippen LogP contribution in [-0.2, 0) is 22.6 Å². The third-order valence-corrected chi connectivity index (χ3v) is 5.93. The van der Waals surface area contributed by atoms with Crippen LogP contribution in [0.25, 0.3) is 5.65 Å². The van der Waals surface area contributed by atoms with Gasteiger partial charge in [-0.05, 0) is 37.1 Å². The summed E-state index contributed by atoms with van der Waals surface area (Å²) in [4.78, 5) is 0.154. The van der Waals surface area contributed by atoms with Gasteiger partial charge in [0.05, 0.1) is 9.92 Å². The largest absolute Gasteiger partial charge is 0.420 e. The van der Waals surface area contributed by atoms with Crippen LogP contribution >= 0.6 is 11.6 Å². The summed E-state index contributed by atoms with van der Waals surface area (Å²) in [5, 5.41) is 7.21. The zero-order chi connectivity index (χ0) is 20.7. The fraction of sp³-hybridized carbons (Fsp3) is 0.294. The maximum atomic E-state index is 13.1. The minimum Gasteiger partial charge on any atom is -0.284 e. The standard InChI is InChI=1S/C17H16ClF3N4O2S/c1-10-3-4-11(2)14(7-10)28(26,27)22-6-5-15-23-24-16-13(17(19,20)21)8-12(18)9-25(15)16/h3-4,7-9,22H,5-6H2,1-2H3. The molecule has 0 radical (unpaired) electrons. The first-order valence-corrected chi connectivity index (χ1v) is 10.0. The Hall–Kier alpha value is -2.17. The molecule has 0 saturated carbocycles. The lowest BCUT2D eigenvalue weighted by Crippen LogP contribution is -2.27. The number of nitrogens with zero attached hydrogens (tertiary/aromatic N) is 3. The molecule has 1 aromatic carbocycles. The van der Waals surface area contributed by atoms with Crippen LogP contribution < -0.4 is 4.72 Å². The minimum absolute atomic E-state index is 0.0307. The number of hydrogen-bond donors (Lipinski definition) is 1. The minimum atomic E-state index is -4.64. The Kier molecular flexibility index (Phi) is 5.39. The molecule has 0 spiro atoms. The van der Waals surface area contributed by atoms with Crippen LogP contribution in [0.1, 0.15) is 22.5 Å². The summed E-state index contributed by atoms with van der Waals surface area (Å²) in [6.07, 6.45) is -3.34. The van der Waals surface area contributed by atoms with E-state index in [0.29, 0.717) is 5.56 Å². The van der Waals surface area contributed by atoms with Crippen LogP contribution in [0.3, 0.4) is 0 Å². The molecule has 0 atom stereocenters. The molecule has 3 aromatic rings. The van der Waals surface area contributed by atoms with Gasteiger partial charge in [0.1, 0.15) is 11.4 Å². The van der Waals surface area contributed by atoms with Crippen LogP contribution in [0.4, 0.5) is 13.2 Å². The highest BCUT2D eigenvalue weighted by atomic mass is 35.5. The average molecular weight is 433 g/mol. The molecule has 2 heterocycles. The van der Waals surface area contributed by atoms with Gasteiger partial charge in [0.15, 0.2) is 5.65 Å². The number of rotatable bonds is 5. The van der Waals surface area contributed by atoms with Gasteiger partial charge >= 0.3 is 6.18 Å². The summed E-state index contributed by atoms with van der Waals surface area (Å²) in [5.41, 5.74) is -0.00428. The number of hydrogen-bond acceptors (Lipinski definition) is 4. The average Bonchev–Trinajstić information content (AvgIpc) is 2.98. The van der Waals surface area contributed by atoms with Gasteiger partial charge in [0.25, 0.3) is 0 Å². The second-order valence-electron chi connectivity index (χ2n) is 6.30. The Labute approximate surface area is 164 Å². The van der Waals surface area contributed by atoms with Crippen LogP contribution in [0, 0.1) is 13.8 Å². The van der Waals surface area contributed by atoms with Gasteiger partial charge in [-0.25, -0.2) is 13.1 Å². The molecular weight excluding hydrogens is 417 g/mol. The zero-order valence-corrected chi connectivity index (χ0v) is 16.5. The maximum Gasteiger partial charge on any atom is 0.420 e. The predicted molar refractivity (Wildman–Crippen MR) is 97.8 cm³/mol. The molecule has 0 fully saturated rings. The van der Waals surface area contributed by atoms with Crippen molar-refractivity contribution in [3.8, 4) is 0 Å². The molecular formula is C17H16ClF3N4O2S. The molecule has 1 N–H and O–H groups in total. The van der Waals surface area contributed by atoms with Crippen LogP contribution in [0.2, 0.25) is 5.02 Å². The number of pyridine rings is 1. The van der Waals surface area contributed by atoms with Gasteiger partial charge in [-0.2, -0.15) is 13.2 Å². The van der Waals surface area contributed by atoms with Crippen molar-refractivity contribution in [3.05, 3.63) is 58.0 Å². The summed E-state index contributed by atoms with van der Waals surface area (Å²) < 4.78 is 68.0. The molecule has 0 unspecified atom stereocenters. The van der Waals surface area contributed by atoms with Crippen LogP contribution in [0.5, 0.6) is 0 Å². The number of nitrogens with one attached hydrogen (secondary N) is 1. The molecule has 2 aromatic heterocycles. The fourth-order valence-corrected chi connectivity index (χ4v) is 4.32. The highest BCUT2D eigenvalue weighted by Crippen LogP contribution is 2.33. The molecule has 0 saturated heterocycles. The quantitative estimate of drug-likeness (QED) is 0.669. The van der Waals surface area contributed by atoms with Gasteiger partial charge in [-0.15, -0.1) is 10.2 Å². The van der Waals surface area contributed by atoms with Crippen molar-refractivity contribution < 1.29 is 21.6 Å².